The largest absolute Gasteiger partial charge is 0.455 e. The number of methoxy groups -OCH3 is 1. The Morgan fingerprint density at radius 2 is 1.65 bits per heavy atom. The Morgan fingerprint density at radius 3 is 2.27 bits per heavy atom. The van der Waals surface area contributed by atoms with Gasteiger partial charge in [0.25, 0.3) is 0 Å². The molecule has 2 aliphatic rings. The second kappa shape index (κ2) is 8.13. The summed E-state index contributed by atoms with van der Waals surface area (Å²) in [6.45, 7) is 2.76. The lowest BCUT2D eigenvalue weighted by molar-refractivity contribution is -0.359. The van der Waals surface area contributed by atoms with Crippen LogP contribution in [0.1, 0.15) is 25.7 Å². The van der Waals surface area contributed by atoms with Gasteiger partial charge in [0, 0.05) is 26.5 Å². The molecule has 0 aromatic heterocycles. The number of fused-ring (bicyclic) bond motifs is 1. The maximum Gasteiger partial charge on any atom is 0.303 e. The van der Waals surface area contributed by atoms with E-state index in [1.54, 1.807) is 0 Å². The Kier molecular flexibility index (Phi) is 5.87. The minimum atomic E-state index is -0.947. The van der Waals surface area contributed by atoms with Crippen molar-refractivity contribution in [3.05, 3.63) is 35.9 Å². The molecule has 3 rings (SSSR count). The Bertz CT molecular complexity index is 633. The molecule has 1 aromatic carbocycles. The average Bonchev–Trinajstić information content (AvgIpc) is 2.63. The minimum Gasteiger partial charge on any atom is -0.455 e. The highest BCUT2D eigenvalue weighted by atomic mass is 16.8. The van der Waals surface area contributed by atoms with Crippen LogP contribution in [-0.4, -0.2) is 56.4 Å². The van der Waals surface area contributed by atoms with Crippen LogP contribution in [-0.2, 0) is 38.0 Å². The summed E-state index contributed by atoms with van der Waals surface area (Å²) in [5.41, 5.74) is 0.824. The number of carbonyl (C=O) groups excluding carboxylic acids is 2. The standard InChI is InChI=1S/C18H22O8/c1-10(19)23-15-14-13(25-18(21-3)16(15)24-11(2)20)9-22-17(26-14)12-7-5-4-6-8-12/h4-8,13-18H,9H2,1-3H3/t13-,14-,15+,16+,17?,18+/m1/s1. The second-order valence-electron chi connectivity index (χ2n) is 6.10. The topological polar surface area (TPSA) is 89.5 Å². The van der Waals surface area contributed by atoms with E-state index in [9.17, 15) is 9.59 Å². The van der Waals surface area contributed by atoms with E-state index in [0.717, 1.165) is 5.56 Å². The summed E-state index contributed by atoms with van der Waals surface area (Å²) in [7, 11) is 1.42. The van der Waals surface area contributed by atoms with E-state index >= 15 is 0 Å². The zero-order valence-electron chi connectivity index (χ0n) is 14.8. The molecule has 1 aromatic rings. The molecule has 2 saturated heterocycles. The SMILES string of the molecule is CO[C@H]1O[C@@H]2COC(c3ccccc3)O[C@H]2[C@H](OC(C)=O)[C@@H]1OC(C)=O. The van der Waals surface area contributed by atoms with Crippen molar-refractivity contribution in [3.63, 3.8) is 0 Å². The summed E-state index contributed by atoms with van der Waals surface area (Å²) < 4.78 is 33.6. The summed E-state index contributed by atoms with van der Waals surface area (Å²) in [4.78, 5) is 23.1. The van der Waals surface area contributed by atoms with E-state index < -0.39 is 48.9 Å². The minimum absolute atomic E-state index is 0.217. The zero-order valence-corrected chi connectivity index (χ0v) is 14.8. The lowest BCUT2D eigenvalue weighted by atomic mass is 9.97. The van der Waals surface area contributed by atoms with Crippen LogP contribution < -0.4 is 0 Å². The number of carbonyl (C=O) groups is 2. The smallest absolute Gasteiger partial charge is 0.303 e. The highest BCUT2D eigenvalue weighted by molar-refractivity contribution is 5.67. The van der Waals surface area contributed by atoms with Crippen molar-refractivity contribution in [3.8, 4) is 0 Å². The van der Waals surface area contributed by atoms with Gasteiger partial charge in [-0.3, -0.25) is 9.59 Å². The van der Waals surface area contributed by atoms with Gasteiger partial charge >= 0.3 is 11.9 Å². The van der Waals surface area contributed by atoms with Crippen molar-refractivity contribution in [1.82, 2.24) is 0 Å². The van der Waals surface area contributed by atoms with Gasteiger partial charge in [0.1, 0.15) is 12.2 Å². The van der Waals surface area contributed by atoms with Gasteiger partial charge in [0.2, 0.25) is 0 Å². The van der Waals surface area contributed by atoms with E-state index in [-0.39, 0.29) is 6.61 Å². The van der Waals surface area contributed by atoms with Gasteiger partial charge in [-0.05, 0) is 0 Å². The molecule has 2 aliphatic heterocycles. The average molecular weight is 366 g/mol. The first-order chi connectivity index (χ1) is 12.5. The van der Waals surface area contributed by atoms with Crippen molar-refractivity contribution in [2.75, 3.05) is 13.7 Å². The Labute approximate surface area is 151 Å². The lowest BCUT2D eigenvalue weighted by Crippen LogP contribution is -2.64. The fraction of sp³-hybridized carbons (Fsp3) is 0.556. The maximum atomic E-state index is 11.6. The molecular formula is C18H22O8. The van der Waals surface area contributed by atoms with Crippen LogP contribution in [0.3, 0.4) is 0 Å². The summed E-state index contributed by atoms with van der Waals surface area (Å²) in [6, 6.07) is 9.38. The van der Waals surface area contributed by atoms with E-state index in [4.69, 9.17) is 28.4 Å². The van der Waals surface area contributed by atoms with E-state index in [1.165, 1.54) is 21.0 Å². The number of ether oxygens (including phenoxy) is 6. The van der Waals surface area contributed by atoms with Crippen LogP contribution in [0.25, 0.3) is 0 Å². The maximum absolute atomic E-state index is 11.6. The third-order valence-electron chi connectivity index (χ3n) is 4.19. The van der Waals surface area contributed by atoms with E-state index in [0.29, 0.717) is 0 Å². The predicted molar refractivity (Wildman–Crippen MR) is 86.8 cm³/mol. The fourth-order valence-electron chi connectivity index (χ4n) is 3.16. The molecule has 0 N–H and O–H groups in total. The van der Waals surface area contributed by atoms with Crippen LogP contribution in [0.5, 0.6) is 0 Å². The molecule has 0 amide bonds. The highest BCUT2D eigenvalue weighted by Gasteiger charge is 2.53. The van der Waals surface area contributed by atoms with Crippen LogP contribution >= 0.6 is 0 Å². The van der Waals surface area contributed by atoms with E-state index in [1.807, 2.05) is 30.3 Å². The third kappa shape index (κ3) is 4.04. The second-order valence-corrected chi connectivity index (χ2v) is 6.10. The van der Waals surface area contributed by atoms with Crippen molar-refractivity contribution in [2.45, 2.75) is 50.8 Å². The van der Waals surface area contributed by atoms with Crippen molar-refractivity contribution < 1.29 is 38.0 Å². The molecule has 2 fully saturated rings. The monoisotopic (exact) mass is 366 g/mol. The summed E-state index contributed by atoms with van der Waals surface area (Å²) >= 11 is 0. The van der Waals surface area contributed by atoms with Gasteiger partial charge in [-0.1, -0.05) is 30.3 Å². The van der Waals surface area contributed by atoms with Crippen LogP contribution in [0.15, 0.2) is 30.3 Å². The fourth-order valence-corrected chi connectivity index (χ4v) is 3.16. The number of hydrogen-bond acceptors (Lipinski definition) is 8. The lowest BCUT2D eigenvalue weighted by Gasteiger charge is -2.47. The third-order valence-corrected chi connectivity index (χ3v) is 4.19. The normalized spacial score (nSPS) is 33.8. The summed E-state index contributed by atoms with van der Waals surface area (Å²) in [5.74, 6) is -1.06. The molecule has 0 radical (unpaired) electrons. The van der Waals surface area contributed by atoms with Gasteiger partial charge in [0.05, 0.1) is 6.61 Å². The molecule has 0 bridgehead atoms. The molecule has 8 nitrogen and oxygen atoms in total. The summed E-state index contributed by atoms with van der Waals surface area (Å²) in [6.07, 6.45) is -4.57. The first kappa shape index (κ1) is 18.8. The van der Waals surface area contributed by atoms with Crippen LogP contribution in [0.4, 0.5) is 0 Å². The van der Waals surface area contributed by atoms with Gasteiger partial charge in [-0.25, -0.2) is 0 Å². The predicted octanol–water partition coefficient (Wildman–Crippen LogP) is 1.34. The zero-order chi connectivity index (χ0) is 18.7. The quantitative estimate of drug-likeness (QED) is 0.738. The van der Waals surface area contributed by atoms with Gasteiger partial charge < -0.3 is 28.4 Å². The Hall–Kier alpha value is -2.00. The van der Waals surface area contributed by atoms with Crippen LogP contribution in [0, 0.1) is 0 Å². The highest BCUT2D eigenvalue weighted by Crippen LogP contribution is 2.36. The molecule has 0 spiro atoms. The van der Waals surface area contributed by atoms with Gasteiger partial charge in [0.15, 0.2) is 24.8 Å². The number of hydrogen-bond donors (Lipinski definition) is 0. The number of esters is 2. The Balaban J connectivity index is 1.86. The molecule has 142 valence electrons. The first-order valence-corrected chi connectivity index (χ1v) is 8.34. The van der Waals surface area contributed by atoms with Crippen LogP contribution in [0.2, 0.25) is 0 Å². The number of rotatable bonds is 4. The molecule has 8 heteroatoms. The van der Waals surface area contributed by atoms with Crippen molar-refractivity contribution >= 4 is 11.9 Å². The van der Waals surface area contributed by atoms with Crippen molar-refractivity contribution in [2.24, 2.45) is 0 Å². The van der Waals surface area contributed by atoms with E-state index in [2.05, 4.69) is 0 Å². The molecule has 2 heterocycles. The molecule has 26 heavy (non-hydrogen) atoms. The summed E-state index contributed by atoms with van der Waals surface area (Å²) in [5, 5.41) is 0. The number of benzene rings is 1. The molecule has 6 atom stereocenters. The molecule has 1 unspecified atom stereocenters. The molecule has 0 saturated carbocycles. The first-order valence-electron chi connectivity index (χ1n) is 8.34. The van der Waals surface area contributed by atoms with Gasteiger partial charge in [-0.15, -0.1) is 0 Å². The molecule has 0 aliphatic carbocycles. The van der Waals surface area contributed by atoms with Gasteiger partial charge in [-0.2, -0.15) is 0 Å². The Morgan fingerprint density at radius 1 is 1.00 bits per heavy atom. The molecular weight excluding hydrogens is 344 g/mol. The van der Waals surface area contributed by atoms with Crippen molar-refractivity contribution in [1.29, 1.82) is 0 Å².